The fraction of sp³-hybridized carbons (Fsp3) is 0.667. The molecule has 0 aliphatic heterocycles. The molecule has 3 aromatic rings. The van der Waals surface area contributed by atoms with Crippen molar-refractivity contribution in [2.45, 2.75) is 118 Å². The number of aromatic amines is 1. The molecule has 3 fully saturated rings. The monoisotopic (exact) mass is 608 g/mol. The summed E-state index contributed by atoms with van der Waals surface area (Å²) in [6.07, 6.45) is 13.7. The van der Waals surface area contributed by atoms with Gasteiger partial charge in [0.05, 0.1) is 23.3 Å². The standard InChI is InChI=1S/C39H52N4O2/c1-34(2)16-18-39(33(44)45)19-17-37(6)26(27(39)21-34)11-12-31-36(5)22-29-32(35(3,4)30(36)13-15-38(31,37)7)43(42-41-29)23-24-9-8-10-28-25(24)14-20-40-28/h8-11,14,20,27,30-31,40H,12-13,15-19,21-23H2,1-7H3,(H,44,45)/t27-,30-,31+,36-,37+,38+,39-/m0/s1. The van der Waals surface area contributed by atoms with E-state index in [1.807, 2.05) is 6.20 Å². The number of benzene rings is 1. The summed E-state index contributed by atoms with van der Waals surface area (Å²) in [6.45, 7) is 18.1. The second kappa shape index (κ2) is 9.13. The number of carbonyl (C=O) groups is 1. The lowest BCUT2D eigenvalue weighted by atomic mass is 9.34. The number of hydrogen-bond acceptors (Lipinski definition) is 3. The Kier molecular flexibility index (Phi) is 5.99. The highest BCUT2D eigenvalue weighted by molar-refractivity contribution is 5.82. The Morgan fingerprint density at radius 3 is 2.56 bits per heavy atom. The molecule has 0 amide bonds. The van der Waals surface area contributed by atoms with Crippen LogP contribution in [0.25, 0.3) is 10.9 Å². The van der Waals surface area contributed by atoms with Gasteiger partial charge in [-0.25, -0.2) is 4.68 Å². The first-order valence-corrected chi connectivity index (χ1v) is 17.6. The predicted octanol–water partition coefficient (Wildman–Crippen LogP) is 8.71. The summed E-state index contributed by atoms with van der Waals surface area (Å²) in [4.78, 5) is 16.4. The Morgan fingerprint density at radius 1 is 1.00 bits per heavy atom. The molecule has 0 radical (unpaired) electrons. The van der Waals surface area contributed by atoms with Crippen LogP contribution in [0, 0.1) is 44.8 Å². The number of carboxylic acid groups (broad SMARTS) is 1. The first kappa shape index (κ1) is 29.5. The van der Waals surface area contributed by atoms with Crippen molar-refractivity contribution in [1.82, 2.24) is 20.0 Å². The lowest BCUT2D eigenvalue weighted by Crippen LogP contribution is -2.65. The van der Waals surface area contributed by atoms with Crippen LogP contribution in [0.1, 0.15) is 117 Å². The van der Waals surface area contributed by atoms with Crippen molar-refractivity contribution >= 4 is 16.9 Å². The number of hydrogen-bond donors (Lipinski definition) is 2. The number of aliphatic carboxylic acids is 1. The number of nitrogens with zero attached hydrogens (tertiary/aromatic N) is 3. The van der Waals surface area contributed by atoms with Crippen LogP contribution in [0.2, 0.25) is 0 Å². The number of H-pyrrole nitrogens is 1. The highest BCUT2D eigenvalue weighted by Gasteiger charge is 2.69. The molecule has 8 rings (SSSR count). The predicted molar refractivity (Wildman–Crippen MR) is 178 cm³/mol. The number of nitrogens with one attached hydrogen (secondary N) is 1. The van der Waals surface area contributed by atoms with E-state index in [-0.39, 0.29) is 33.0 Å². The van der Waals surface area contributed by atoms with Gasteiger partial charge in [-0.2, -0.15) is 0 Å². The molecule has 6 nitrogen and oxygen atoms in total. The van der Waals surface area contributed by atoms with Gasteiger partial charge in [0.25, 0.3) is 0 Å². The molecule has 0 bridgehead atoms. The molecule has 5 aliphatic carbocycles. The van der Waals surface area contributed by atoms with Gasteiger partial charge in [0.15, 0.2) is 0 Å². The van der Waals surface area contributed by atoms with Gasteiger partial charge in [-0.05, 0) is 115 Å². The molecule has 6 heteroatoms. The van der Waals surface area contributed by atoms with E-state index in [1.165, 1.54) is 46.3 Å². The minimum atomic E-state index is -0.587. The van der Waals surface area contributed by atoms with E-state index in [9.17, 15) is 9.90 Å². The summed E-state index contributed by atoms with van der Waals surface area (Å²) in [5.41, 5.74) is 6.26. The van der Waals surface area contributed by atoms with E-state index in [1.54, 1.807) is 0 Å². The van der Waals surface area contributed by atoms with Crippen LogP contribution in [-0.4, -0.2) is 31.1 Å². The molecule has 0 saturated heterocycles. The van der Waals surface area contributed by atoms with Crippen LogP contribution < -0.4 is 0 Å². The molecular formula is C39H52N4O2. The summed E-state index contributed by atoms with van der Waals surface area (Å²) in [5, 5.41) is 21.7. The Balaban J connectivity index is 1.18. The lowest BCUT2D eigenvalue weighted by Gasteiger charge is -2.70. The van der Waals surface area contributed by atoms with Crippen LogP contribution in [0.5, 0.6) is 0 Å². The molecular weight excluding hydrogens is 556 g/mol. The van der Waals surface area contributed by atoms with Crippen molar-refractivity contribution in [3.05, 3.63) is 59.1 Å². The molecule has 0 spiro atoms. The Labute approximate surface area is 268 Å². The highest BCUT2D eigenvalue weighted by Crippen LogP contribution is 2.75. The molecule has 2 heterocycles. The Morgan fingerprint density at radius 2 is 1.78 bits per heavy atom. The molecule has 5 aliphatic rings. The van der Waals surface area contributed by atoms with Crippen LogP contribution >= 0.6 is 0 Å². The molecule has 2 aromatic heterocycles. The van der Waals surface area contributed by atoms with Crippen LogP contribution in [-0.2, 0) is 23.2 Å². The molecule has 1 aromatic carbocycles. The van der Waals surface area contributed by atoms with Gasteiger partial charge in [0, 0.05) is 22.5 Å². The summed E-state index contributed by atoms with van der Waals surface area (Å²) in [6, 6.07) is 8.66. The minimum Gasteiger partial charge on any atom is -0.481 e. The van der Waals surface area contributed by atoms with E-state index in [2.05, 4.69) is 88.5 Å². The molecule has 7 atom stereocenters. The fourth-order valence-corrected chi connectivity index (χ4v) is 12.7. The van der Waals surface area contributed by atoms with Gasteiger partial charge in [0.2, 0.25) is 0 Å². The van der Waals surface area contributed by atoms with Crippen molar-refractivity contribution in [2.24, 2.45) is 44.8 Å². The summed E-state index contributed by atoms with van der Waals surface area (Å²) < 4.78 is 2.21. The van der Waals surface area contributed by atoms with E-state index in [0.717, 1.165) is 51.5 Å². The Hall–Kier alpha value is -2.89. The van der Waals surface area contributed by atoms with Crippen molar-refractivity contribution in [1.29, 1.82) is 0 Å². The van der Waals surface area contributed by atoms with Gasteiger partial charge in [-0.1, -0.05) is 77.5 Å². The normalized spacial score (nSPS) is 39.5. The summed E-state index contributed by atoms with van der Waals surface area (Å²) in [5.74, 6) is 0.660. The SMILES string of the molecule is CC1(C)CC[C@]2(C(=O)O)CC[C@]3(C)C(=CC[C@@H]4[C@@]5(C)Cc6nnn(Cc7cccc8[nH]ccc78)c6C(C)(C)[C@@H]5CC[C@]43C)[C@@H]2C1. The Bertz CT molecular complexity index is 1740. The zero-order valence-electron chi connectivity index (χ0n) is 28.5. The maximum atomic E-state index is 13.0. The van der Waals surface area contributed by atoms with Gasteiger partial charge >= 0.3 is 5.97 Å². The average Bonchev–Trinajstić information content (AvgIpc) is 3.61. The maximum Gasteiger partial charge on any atom is 0.310 e. The highest BCUT2D eigenvalue weighted by atomic mass is 16.4. The quantitative estimate of drug-likeness (QED) is 0.291. The van der Waals surface area contributed by atoms with Gasteiger partial charge < -0.3 is 10.1 Å². The molecule has 2 N–H and O–H groups in total. The molecule has 3 saturated carbocycles. The summed E-state index contributed by atoms with van der Waals surface area (Å²) in [7, 11) is 0. The largest absolute Gasteiger partial charge is 0.481 e. The van der Waals surface area contributed by atoms with Crippen molar-refractivity contribution in [3.63, 3.8) is 0 Å². The second-order valence-electron chi connectivity index (χ2n) is 18.0. The third-order valence-corrected chi connectivity index (χ3v) is 15.2. The topological polar surface area (TPSA) is 83.8 Å². The van der Waals surface area contributed by atoms with E-state index in [0.29, 0.717) is 11.8 Å². The van der Waals surface area contributed by atoms with Crippen LogP contribution in [0.15, 0.2) is 42.1 Å². The van der Waals surface area contributed by atoms with Gasteiger partial charge in [-0.15, -0.1) is 5.10 Å². The number of aromatic nitrogens is 4. The third-order valence-electron chi connectivity index (χ3n) is 15.2. The summed E-state index contributed by atoms with van der Waals surface area (Å²) >= 11 is 0. The fourth-order valence-electron chi connectivity index (χ4n) is 12.7. The molecule has 240 valence electrons. The number of carboxylic acids is 1. The van der Waals surface area contributed by atoms with Gasteiger partial charge in [0.1, 0.15) is 0 Å². The zero-order valence-corrected chi connectivity index (χ0v) is 28.5. The van der Waals surface area contributed by atoms with Crippen molar-refractivity contribution < 1.29 is 9.90 Å². The average molecular weight is 609 g/mol. The van der Waals surface area contributed by atoms with Crippen molar-refractivity contribution in [3.8, 4) is 0 Å². The first-order chi connectivity index (χ1) is 21.2. The van der Waals surface area contributed by atoms with Crippen LogP contribution in [0.3, 0.4) is 0 Å². The lowest BCUT2D eigenvalue weighted by molar-refractivity contribution is -0.177. The smallest absolute Gasteiger partial charge is 0.310 e. The molecule has 45 heavy (non-hydrogen) atoms. The van der Waals surface area contributed by atoms with E-state index < -0.39 is 11.4 Å². The number of fused-ring (bicyclic) bond motifs is 9. The second-order valence-corrected chi connectivity index (χ2v) is 18.0. The van der Waals surface area contributed by atoms with E-state index >= 15 is 0 Å². The van der Waals surface area contributed by atoms with Gasteiger partial charge in [-0.3, -0.25) is 4.79 Å². The third kappa shape index (κ3) is 3.71. The maximum absolute atomic E-state index is 13.0. The number of rotatable bonds is 3. The number of allylic oxidation sites excluding steroid dienone is 2. The molecule has 0 unspecified atom stereocenters. The minimum absolute atomic E-state index is 0.0260. The zero-order chi connectivity index (χ0) is 31.8. The van der Waals surface area contributed by atoms with Crippen molar-refractivity contribution in [2.75, 3.05) is 0 Å². The van der Waals surface area contributed by atoms with Crippen LogP contribution in [0.4, 0.5) is 0 Å². The van der Waals surface area contributed by atoms with E-state index in [4.69, 9.17) is 10.3 Å². The first-order valence-electron chi connectivity index (χ1n) is 17.6.